The highest BCUT2D eigenvalue weighted by Crippen LogP contribution is 2.32. The van der Waals surface area contributed by atoms with Crippen molar-refractivity contribution in [3.63, 3.8) is 0 Å². The summed E-state index contributed by atoms with van der Waals surface area (Å²) in [6.45, 7) is 4.41. The molecule has 4 heteroatoms. The SMILES string of the molecule is CC1OCCC1CN1C(=O)CNC1C1CCCC1. The second-order valence-electron chi connectivity index (χ2n) is 6.04. The van der Waals surface area contributed by atoms with E-state index in [4.69, 9.17) is 4.74 Å². The van der Waals surface area contributed by atoms with Crippen molar-refractivity contribution in [2.24, 2.45) is 11.8 Å². The van der Waals surface area contributed by atoms with E-state index < -0.39 is 0 Å². The van der Waals surface area contributed by atoms with Crippen molar-refractivity contribution in [2.45, 2.75) is 51.3 Å². The number of hydrogen-bond acceptors (Lipinski definition) is 3. The monoisotopic (exact) mass is 252 g/mol. The van der Waals surface area contributed by atoms with Gasteiger partial charge in [-0.2, -0.15) is 0 Å². The van der Waals surface area contributed by atoms with Crippen LogP contribution in [0, 0.1) is 11.8 Å². The Hall–Kier alpha value is -0.610. The molecule has 2 saturated heterocycles. The van der Waals surface area contributed by atoms with Crippen LogP contribution in [0.1, 0.15) is 39.0 Å². The zero-order valence-electron chi connectivity index (χ0n) is 11.2. The Morgan fingerprint density at radius 1 is 1.33 bits per heavy atom. The molecular formula is C14H24N2O2. The molecule has 0 radical (unpaired) electrons. The number of ether oxygens (including phenoxy) is 1. The van der Waals surface area contributed by atoms with Gasteiger partial charge in [-0.15, -0.1) is 0 Å². The molecule has 0 aromatic rings. The minimum absolute atomic E-state index is 0.283. The van der Waals surface area contributed by atoms with Crippen molar-refractivity contribution in [1.29, 1.82) is 0 Å². The van der Waals surface area contributed by atoms with Crippen molar-refractivity contribution in [3.8, 4) is 0 Å². The van der Waals surface area contributed by atoms with Gasteiger partial charge in [-0.3, -0.25) is 10.1 Å². The zero-order valence-corrected chi connectivity index (χ0v) is 11.2. The average molecular weight is 252 g/mol. The smallest absolute Gasteiger partial charge is 0.237 e. The fourth-order valence-corrected chi connectivity index (χ4v) is 3.74. The third kappa shape index (κ3) is 2.28. The van der Waals surface area contributed by atoms with Gasteiger partial charge in [-0.25, -0.2) is 0 Å². The van der Waals surface area contributed by atoms with E-state index in [0.29, 0.717) is 30.7 Å². The molecule has 3 atom stereocenters. The van der Waals surface area contributed by atoms with E-state index in [1.807, 2.05) is 0 Å². The van der Waals surface area contributed by atoms with Crippen LogP contribution in [-0.4, -0.2) is 42.8 Å². The first-order valence-electron chi connectivity index (χ1n) is 7.40. The highest BCUT2D eigenvalue weighted by atomic mass is 16.5. The molecule has 1 amide bonds. The summed E-state index contributed by atoms with van der Waals surface area (Å²) in [5.74, 6) is 1.48. The van der Waals surface area contributed by atoms with Gasteiger partial charge in [0.1, 0.15) is 0 Å². The zero-order chi connectivity index (χ0) is 12.5. The summed E-state index contributed by atoms with van der Waals surface area (Å²) in [6, 6.07) is 0. The van der Waals surface area contributed by atoms with Crippen LogP contribution in [0.5, 0.6) is 0 Å². The first kappa shape index (κ1) is 12.4. The van der Waals surface area contributed by atoms with Crippen LogP contribution < -0.4 is 5.32 Å². The summed E-state index contributed by atoms with van der Waals surface area (Å²) in [7, 11) is 0. The molecule has 0 spiro atoms. The first-order chi connectivity index (χ1) is 8.75. The highest BCUT2D eigenvalue weighted by molar-refractivity contribution is 5.80. The Labute approximate surface area is 109 Å². The molecule has 102 valence electrons. The Bertz CT molecular complexity index is 315. The topological polar surface area (TPSA) is 41.6 Å². The van der Waals surface area contributed by atoms with Gasteiger partial charge in [0, 0.05) is 19.1 Å². The summed E-state index contributed by atoms with van der Waals surface area (Å²) in [5, 5.41) is 3.42. The molecular weight excluding hydrogens is 228 g/mol. The number of carbonyl (C=O) groups is 1. The van der Waals surface area contributed by atoms with Gasteiger partial charge in [-0.1, -0.05) is 12.8 Å². The van der Waals surface area contributed by atoms with E-state index in [1.54, 1.807) is 0 Å². The van der Waals surface area contributed by atoms with Gasteiger partial charge in [0.2, 0.25) is 5.91 Å². The molecule has 1 aliphatic carbocycles. The van der Waals surface area contributed by atoms with Gasteiger partial charge in [0.25, 0.3) is 0 Å². The summed E-state index contributed by atoms with van der Waals surface area (Å²) in [5.41, 5.74) is 0. The van der Waals surface area contributed by atoms with Crippen LogP contribution in [-0.2, 0) is 9.53 Å². The van der Waals surface area contributed by atoms with E-state index >= 15 is 0 Å². The first-order valence-corrected chi connectivity index (χ1v) is 7.40. The molecule has 4 nitrogen and oxygen atoms in total. The predicted octanol–water partition coefficient (Wildman–Crippen LogP) is 1.36. The van der Waals surface area contributed by atoms with Crippen LogP contribution in [0.25, 0.3) is 0 Å². The van der Waals surface area contributed by atoms with Gasteiger partial charge in [-0.05, 0) is 32.1 Å². The maximum Gasteiger partial charge on any atom is 0.237 e. The number of rotatable bonds is 3. The quantitative estimate of drug-likeness (QED) is 0.824. The lowest BCUT2D eigenvalue weighted by Crippen LogP contribution is -2.45. The molecule has 0 aromatic carbocycles. The minimum atomic E-state index is 0.283. The van der Waals surface area contributed by atoms with Crippen LogP contribution in [0.3, 0.4) is 0 Å². The van der Waals surface area contributed by atoms with Gasteiger partial charge >= 0.3 is 0 Å². The lowest BCUT2D eigenvalue weighted by molar-refractivity contribution is -0.129. The predicted molar refractivity (Wildman–Crippen MR) is 69.0 cm³/mol. The molecule has 2 aliphatic heterocycles. The van der Waals surface area contributed by atoms with Crippen LogP contribution >= 0.6 is 0 Å². The molecule has 0 aromatic heterocycles. The maximum atomic E-state index is 12.1. The van der Waals surface area contributed by atoms with Gasteiger partial charge in [0.05, 0.1) is 18.8 Å². The summed E-state index contributed by atoms with van der Waals surface area (Å²) in [4.78, 5) is 14.2. The lowest BCUT2D eigenvalue weighted by Gasteiger charge is -2.31. The van der Waals surface area contributed by atoms with E-state index in [2.05, 4.69) is 17.1 Å². The van der Waals surface area contributed by atoms with Crippen molar-refractivity contribution in [1.82, 2.24) is 10.2 Å². The van der Waals surface area contributed by atoms with Crippen LogP contribution in [0.4, 0.5) is 0 Å². The third-order valence-electron chi connectivity index (χ3n) is 4.93. The van der Waals surface area contributed by atoms with Crippen molar-refractivity contribution < 1.29 is 9.53 Å². The van der Waals surface area contributed by atoms with Crippen molar-refractivity contribution in [3.05, 3.63) is 0 Å². The maximum absolute atomic E-state index is 12.1. The van der Waals surface area contributed by atoms with Gasteiger partial charge < -0.3 is 9.64 Å². The van der Waals surface area contributed by atoms with E-state index in [1.165, 1.54) is 25.7 Å². The third-order valence-corrected chi connectivity index (χ3v) is 4.93. The molecule has 0 bridgehead atoms. The van der Waals surface area contributed by atoms with Crippen LogP contribution in [0.15, 0.2) is 0 Å². The number of nitrogens with zero attached hydrogens (tertiary/aromatic N) is 1. The standard InChI is InChI=1S/C14H24N2O2/c1-10-12(6-7-18-10)9-16-13(17)8-15-14(16)11-4-2-3-5-11/h10-12,14-15H,2-9H2,1H3. The summed E-state index contributed by atoms with van der Waals surface area (Å²) < 4.78 is 5.61. The Balaban J connectivity index is 1.65. The largest absolute Gasteiger partial charge is 0.378 e. The second kappa shape index (κ2) is 5.17. The number of amides is 1. The highest BCUT2D eigenvalue weighted by Gasteiger charge is 2.39. The molecule has 3 fully saturated rings. The molecule has 18 heavy (non-hydrogen) atoms. The molecule has 3 rings (SSSR count). The average Bonchev–Trinajstić information content (AvgIpc) is 3.04. The second-order valence-corrected chi connectivity index (χ2v) is 6.04. The molecule has 1 N–H and O–H groups in total. The fourth-order valence-electron chi connectivity index (χ4n) is 3.74. The summed E-state index contributed by atoms with van der Waals surface area (Å²) >= 11 is 0. The molecule has 3 aliphatic rings. The summed E-state index contributed by atoms with van der Waals surface area (Å²) in [6.07, 6.45) is 6.91. The van der Waals surface area contributed by atoms with Crippen molar-refractivity contribution >= 4 is 5.91 Å². The normalized spacial score (nSPS) is 37.9. The Kier molecular flexibility index (Phi) is 3.57. The van der Waals surface area contributed by atoms with Gasteiger partial charge in [0.15, 0.2) is 0 Å². The van der Waals surface area contributed by atoms with E-state index in [0.717, 1.165) is 19.6 Å². The van der Waals surface area contributed by atoms with Crippen LogP contribution in [0.2, 0.25) is 0 Å². The minimum Gasteiger partial charge on any atom is -0.378 e. The number of nitrogens with one attached hydrogen (secondary N) is 1. The van der Waals surface area contributed by atoms with E-state index in [9.17, 15) is 4.79 Å². The lowest BCUT2D eigenvalue weighted by atomic mass is 9.99. The molecule has 2 heterocycles. The van der Waals surface area contributed by atoms with Crippen molar-refractivity contribution in [2.75, 3.05) is 19.7 Å². The molecule has 3 unspecified atom stereocenters. The number of hydrogen-bond donors (Lipinski definition) is 1. The van der Waals surface area contributed by atoms with E-state index in [-0.39, 0.29) is 5.91 Å². The molecule has 1 saturated carbocycles. The Morgan fingerprint density at radius 2 is 2.11 bits per heavy atom. The number of carbonyl (C=O) groups excluding carboxylic acids is 1. The Morgan fingerprint density at radius 3 is 2.78 bits per heavy atom. The fraction of sp³-hybridized carbons (Fsp3) is 0.929.